The Kier molecular flexibility index (Phi) is 3.24. The van der Waals surface area contributed by atoms with Crippen molar-refractivity contribution in [2.75, 3.05) is 11.4 Å². The Morgan fingerprint density at radius 3 is 2.89 bits per heavy atom. The van der Waals surface area contributed by atoms with Gasteiger partial charge in [-0.05, 0) is 26.2 Å². The fraction of sp³-hybridized carbons (Fsp3) is 0.583. The summed E-state index contributed by atoms with van der Waals surface area (Å²) in [6, 6.07) is 1.83. The lowest BCUT2D eigenvalue weighted by molar-refractivity contribution is -0.119. The number of nitrogens with zero attached hydrogens (tertiary/aromatic N) is 4. The lowest BCUT2D eigenvalue weighted by Gasteiger charge is -2.35. The molecule has 2 rings (SSSR count). The maximum Gasteiger partial charge on any atom is 0.240 e. The molecule has 2 heterocycles. The van der Waals surface area contributed by atoms with Crippen LogP contribution in [0.15, 0.2) is 0 Å². The smallest absolute Gasteiger partial charge is 0.240 e. The summed E-state index contributed by atoms with van der Waals surface area (Å²) in [5, 5.41) is 13.5. The number of amides is 1. The number of hydrogen-bond acceptors (Lipinski definition) is 4. The number of piperidine rings is 1. The van der Waals surface area contributed by atoms with Gasteiger partial charge >= 0.3 is 0 Å². The first-order valence-electron chi connectivity index (χ1n) is 6.06. The maximum absolute atomic E-state index is 11.5. The zero-order valence-electron chi connectivity index (χ0n) is 10.7. The van der Waals surface area contributed by atoms with Crippen molar-refractivity contribution in [2.24, 2.45) is 12.8 Å². The van der Waals surface area contributed by atoms with Crippen molar-refractivity contribution in [1.82, 2.24) is 9.78 Å². The molecular weight excluding hydrogens is 230 g/mol. The molecule has 1 fully saturated rings. The first-order chi connectivity index (χ1) is 8.56. The van der Waals surface area contributed by atoms with Crippen LogP contribution in [-0.4, -0.2) is 28.3 Å². The van der Waals surface area contributed by atoms with Gasteiger partial charge in [-0.1, -0.05) is 0 Å². The SMILES string of the molecule is Cc1nn(C)c(N2CCCCC2C(N)=O)c1C#N. The first kappa shape index (κ1) is 12.4. The van der Waals surface area contributed by atoms with Gasteiger partial charge in [-0.3, -0.25) is 9.48 Å². The van der Waals surface area contributed by atoms with Crippen LogP contribution in [0.3, 0.4) is 0 Å². The highest BCUT2D eigenvalue weighted by Crippen LogP contribution is 2.28. The zero-order chi connectivity index (χ0) is 13.3. The van der Waals surface area contributed by atoms with Gasteiger partial charge in [0.25, 0.3) is 0 Å². The molecule has 2 N–H and O–H groups in total. The molecule has 96 valence electrons. The van der Waals surface area contributed by atoms with Gasteiger partial charge in [0.05, 0.1) is 5.69 Å². The van der Waals surface area contributed by atoms with Crippen LogP contribution in [0.1, 0.15) is 30.5 Å². The topological polar surface area (TPSA) is 87.9 Å². The molecular formula is C12H17N5O. The molecule has 0 spiro atoms. The predicted octanol–water partition coefficient (Wildman–Crippen LogP) is 0.444. The molecule has 0 bridgehead atoms. The number of anilines is 1. The summed E-state index contributed by atoms with van der Waals surface area (Å²) >= 11 is 0. The third-order valence-electron chi connectivity index (χ3n) is 3.41. The van der Waals surface area contributed by atoms with Gasteiger partial charge < -0.3 is 10.6 Å². The fourth-order valence-corrected chi connectivity index (χ4v) is 2.59. The standard InChI is InChI=1S/C12H17N5O/c1-8-9(7-13)12(16(2)15-8)17-6-4-3-5-10(17)11(14)18/h10H,3-6H2,1-2H3,(H2,14,18). The third kappa shape index (κ3) is 1.92. The Morgan fingerprint density at radius 1 is 1.56 bits per heavy atom. The molecule has 1 unspecified atom stereocenters. The van der Waals surface area contributed by atoms with E-state index < -0.39 is 0 Å². The summed E-state index contributed by atoms with van der Waals surface area (Å²) in [5.41, 5.74) is 6.67. The molecule has 1 aliphatic heterocycles. The van der Waals surface area contributed by atoms with E-state index in [1.807, 2.05) is 4.90 Å². The molecule has 1 atom stereocenters. The molecule has 1 saturated heterocycles. The summed E-state index contributed by atoms with van der Waals surface area (Å²) in [4.78, 5) is 13.4. The summed E-state index contributed by atoms with van der Waals surface area (Å²) in [7, 11) is 1.79. The van der Waals surface area contributed by atoms with Crippen molar-refractivity contribution < 1.29 is 4.79 Å². The normalized spacial score (nSPS) is 19.6. The van der Waals surface area contributed by atoms with E-state index in [2.05, 4.69) is 11.2 Å². The first-order valence-corrected chi connectivity index (χ1v) is 6.06. The Morgan fingerprint density at radius 2 is 2.28 bits per heavy atom. The Hall–Kier alpha value is -2.03. The van der Waals surface area contributed by atoms with Gasteiger partial charge in [0.2, 0.25) is 5.91 Å². The van der Waals surface area contributed by atoms with Crippen molar-refractivity contribution in [3.8, 4) is 6.07 Å². The quantitative estimate of drug-likeness (QED) is 0.821. The van der Waals surface area contributed by atoms with E-state index >= 15 is 0 Å². The van der Waals surface area contributed by atoms with Crippen molar-refractivity contribution in [1.29, 1.82) is 5.26 Å². The van der Waals surface area contributed by atoms with E-state index in [9.17, 15) is 10.1 Å². The number of rotatable bonds is 2. The van der Waals surface area contributed by atoms with Crippen LogP contribution in [0.4, 0.5) is 5.82 Å². The second kappa shape index (κ2) is 4.69. The minimum atomic E-state index is -0.336. The monoisotopic (exact) mass is 247 g/mol. The van der Waals surface area contributed by atoms with Gasteiger partial charge in [-0.25, -0.2) is 0 Å². The molecule has 0 saturated carbocycles. The molecule has 6 heteroatoms. The van der Waals surface area contributed by atoms with Gasteiger partial charge in [-0.2, -0.15) is 10.4 Å². The Balaban J connectivity index is 2.46. The summed E-state index contributed by atoms with van der Waals surface area (Å²) in [5.74, 6) is 0.371. The summed E-state index contributed by atoms with van der Waals surface area (Å²) < 4.78 is 1.66. The molecule has 1 amide bonds. The highest BCUT2D eigenvalue weighted by atomic mass is 16.1. The van der Waals surface area contributed by atoms with Crippen LogP contribution in [0.25, 0.3) is 0 Å². The molecule has 0 aromatic carbocycles. The number of nitriles is 1. The average molecular weight is 247 g/mol. The number of primary amides is 1. The third-order valence-corrected chi connectivity index (χ3v) is 3.41. The Labute approximate surface area is 106 Å². The van der Waals surface area contributed by atoms with Crippen LogP contribution in [0.2, 0.25) is 0 Å². The van der Waals surface area contributed by atoms with E-state index in [1.165, 1.54) is 0 Å². The van der Waals surface area contributed by atoms with Gasteiger partial charge in [0.1, 0.15) is 23.5 Å². The largest absolute Gasteiger partial charge is 0.368 e. The van der Waals surface area contributed by atoms with Gasteiger partial charge in [-0.15, -0.1) is 0 Å². The van der Waals surface area contributed by atoms with E-state index in [0.29, 0.717) is 17.1 Å². The molecule has 6 nitrogen and oxygen atoms in total. The van der Waals surface area contributed by atoms with Crippen LogP contribution in [0, 0.1) is 18.3 Å². The summed E-state index contributed by atoms with van der Waals surface area (Å²) in [6.07, 6.45) is 2.73. The van der Waals surface area contributed by atoms with Crippen molar-refractivity contribution in [3.63, 3.8) is 0 Å². The molecule has 18 heavy (non-hydrogen) atoms. The average Bonchev–Trinajstić information content (AvgIpc) is 2.63. The van der Waals surface area contributed by atoms with Gasteiger partial charge in [0.15, 0.2) is 0 Å². The van der Waals surface area contributed by atoms with E-state index in [1.54, 1.807) is 18.7 Å². The second-order valence-corrected chi connectivity index (χ2v) is 4.63. The number of hydrogen-bond donors (Lipinski definition) is 1. The van der Waals surface area contributed by atoms with E-state index in [-0.39, 0.29) is 11.9 Å². The predicted molar refractivity (Wildman–Crippen MR) is 66.8 cm³/mol. The molecule has 1 aromatic rings. The number of nitrogens with two attached hydrogens (primary N) is 1. The number of aryl methyl sites for hydroxylation is 2. The van der Waals surface area contributed by atoms with E-state index in [0.717, 1.165) is 25.8 Å². The fourth-order valence-electron chi connectivity index (χ4n) is 2.59. The minimum absolute atomic E-state index is 0.333. The highest BCUT2D eigenvalue weighted by molar-refractivity contribution is 5.84. The molecule has 1 aromatic heterocycles. The second-order valence-electron chi connectivity index (χ2n) is 4.63. The molecule has 0 aliphatic carbocycles. The van der Waals surface area contributed by atoms with Crippen LogP contribution in [0.5, 0.6) is 0 Å². The lowest BCUT2D eigenvalue weighted by Crippen LogP contribution is -2.48. The van der Waals surface area contributed by atoms with Crippen LogP contribution in [-0.2, 0) is 11.8 Å². The number of carbonyl (C=O) groups is 1. The van der Waals surface area contributed by atoms with Crippen molar-refractivity contribution in [2.45, 2.75) is 32.2 Å². The van der Waals surface area contributed by atoms with Crippen molar-refractivity contribution >= 4 is 11.7 Å². The summed E-state index contributed by atoms with van der Waals surface area (Å²) in [6.45, 7) is 2.53. The zero-order valence-corrected chi connectivity index (χ0v) is 10.7. The van der Waals surface area contributed by atoms with Crippen LogP contribution >= 0.6 is 0 Å². The Bertz CT molecular complexity index is 513. The number of carbonyl (C=O) groups excluding carboxylic acids is 1. The van der Waals surface area contributed by atoms with E-state index in [4.69, 9.17) is 5.73 Å². The molecule has 0 radical (unpaired) electrons. The lowest BCUT2D eigenvalue weighted by atomic mass is 10.0. The molecule has 1 aliphatic rings. The van der Waals surface area contributed by atoms with Crippen LogP contribution < -0.4 is 10.6 Å². The highest BCUT2D eigenvalue weighted by Gasteiger charge is 2.31. The maximum atomic E-state index is 11.5. The minimum Gasteiger partial charge on any atom is -0.368 e. The van der Waals surface area contributed by atoms with Gasteiger partial charge in [0, 0.05) is 13.6 Å². The number of aromatic nitrogens is 2. The van der Waals surface area contributed by atoms with Crippen molar-refractivity contribution in [3.05, 3.63) is 11.3 Å².